The standard InChI is InChI=1S/C14H19NO5/c1-3-14(4-2,13(19)20)8-15-12(18)9-5-10(16)7-11(17)6-9/h5-7,16-17H,3-4,8H2,1-2H3,(H,15,18)(H,19,20). The van der Waals surface area contributed by atoms with Crippen molar-refractivity contribution in [1.29, 1.82) is 0 Å². The molecule has 1 amide bonds. The second-order valence-corrected chi connectivity index (χ2v) is 4.71. The maximum absolute atomic E-state index is 11.9. The number of phenolic OH excluding ortho intramolecular Hbond substituents is 2. The first-order chi connectivity index (χ1) is 9.34. The predicted molar refractivity (Wildman–Crippen MR) is 72.8 cm³/mol. The van der Waals surface area contributed by atoms with Crippen molar-refractivity contribution in [2.75, 3.05) is 6.54 Å². The molecular weight excluding hydrogens is 262 g/mol. The minimum atomic E-state index is -1.01. The van der Waals surface area contributed by atoms with E-state index >= 15 is 0 Å². The number of aliphatic carboxylic acids is 1. The van der Waals surface area contributed by atoms with Gasteiger partial charge in [0.1, 0.15) is 11.5 Å². The molecule has 0 aliphatic carbocycles. The summed E-state index contributed by atoms with van der Waals surface area (Å²) < 4.78 is 0. The lowest BCUT2D eigenvalue weighted by Crippen LogP contribution is -2.42. The Morgan fingerprint density at radius 3 is 2.00 bits per heavy atom. The quantitative estimate of drug-likeness (QED) is 0.635. The molecule has 1 rings (SSSR count). The van der Waals surface area contributed by atoms with E-state index in [1.807, 2.05) is 0 Å². The third-order valence-corrected chi connectivity index (χ3v) is 3.56. The second kappa shape index (κ2) is 6.27. The summed E-state index contributed by atoms with van der Waals surface area (Å²) in [5.41, 5.74) is -0.928. The number of rotatable bonds is 6. The van der Waals surface area contributed by atoms with E-state index in [-0.39, 0.29) is 23.6 Å². The molecule has 6 heteroatoms. The predicted octanol–water partition coefficient (Wildman–Crippen LogP) is 1.72. The number of carbonyl (C=O) groups is 2. The molecule has 0 aliphatic heterocycles. The summed E-state index contributed by atoms with van der Waals surface area (Å²) in [6.45, 7) is 3.50. The van der Waals surface area contributed by atoms with Gasteiger partial charge in [-0.2, -0.15) is 0 Å². The molecule has 0 heterocycles. The highest BCUT2D eigenvalue weighted by Crippen LogP contribution is 2.26. The third kappa shape index (κ3) is 3.40. The number of nitrogens with one attached hydrogen (secondary N) is 1. The van der Waals surface area contributed by atoms with Crippen molar-refractivity contribution >= 4 is 11.9 Å². The summed E-state index contributed by atoms with van der Waals surface area (Å²) in [5, 5.41) is 30.4. The van der Waals surface area contributed by atoms with Crippen LogP contribution in [-0.2, 0) is 4.79 Å². The van der Waals surface area contributed by atoms with Gasteiger partial charge in [-0.3, -0.25) is 9.59 Å². The topological polar surface area (TPSA) is 107 Å². The van der Waals surface area contributed by atoms with Gasteiger partial charge in [0.25, 0.3) is 5.91 Å². The van der Waals surface area contributed by atoms with Crippen molar-refractivity contribution < 1.29 is 24.9 Å². The highest BCUT2D eigenvalue weighted by Gasteiger charge is 2.35. The number of hydrogen-bond donors (Lipinski definition) is 4. The fourth-order valence-electron chi connectivity index (χ4n) is 1.96. The first kappa shape index (κ1) is 15.8. The molecule has 0 aromatic heterocycles. The molecule has 0 radical (unpaired) electrons. The Kier molecular flexibility index (Phi) is 4.96. The van der Waals surface area contributed by atoms with Gasteiger partial charge in [-0.25, -0.2) is 0 Å². The lowest BCUT2D eigenvalue weighted by atomic mass is 9.82. The molecule has 0 unspecified atom stereocenters. The van der Waals surface area contributed by atoms with Gasteiger partial charge in [-0.1, -0.05) is 13.8 Å². The van der Waals surface area contributed by atoms with Gasteiger partial charge >= 0.3 is 5.97 Å². The molecule has 0 bridgehead atoms. The highest BCUT2D eigenvalue weighted by atomic mass is 16.4. The zero-order valence-electron chi connectivity index (χ0n) is 11.5. The van der Waals surface area contributed by atoms with E-state index in [0.29, 0.717) is 12.8 Å². The molecular formula is C14H19NO5. The summed E-state index contributed by atoms with van der Waals surface area (Å²) in [6.07, 6.45) is 0.787. The SMILES string of the molecule is CCC(CC)(CNC(=O)c1cc(O)cc(O)c1)C(=O)O. The van der Waals surface area contributed by atoms with Gasteiger partial charge in [0.05, 0.1) is 5.41 Å². The summed E-state index contributed by atoms with van der Waals surface area (Å²) in [4.78, 5) is 23.2. The molecule has 110 valence electrons. The molecule has 0 atom stereocenters. The second-order valence-electron chi connectivity index (χ2n) is 4.71. The van der Waals surface area contributed by atoms with E-state index in [1.165, 1.54) is 12.1 Å². The lowest BCUT2D eigenvalue weighted by Gasteiger charge is -2.26. The van der Waals surface area contributed by atoms with Crippen LogP contribution in [0.4, 0.5) is 0 Å². The number of phenols is 2. The largest absolute Gasteiger partial charge is 0.508 e. The van der Waals surface area contributed by atoms with Crippen molar-refractivity contribution in [1.82, 2.24) is 5.32 Å². The highest BCUT2D eigenvalue weighted by molar-refractivity contribution is 5.95. The van der Waals surface area contributed by atoms with Gasteiger partial charge in [-0.15, -0.1) is 0 Å². The number of aromatic hydroxyl groups is 2. The van der Waals surface area contributed by atoms with E-state index in [4.69, 9.17) is 0 Å². The monoisotopic (exact) mass is 281 g/mol. The van der Waals surface area contributed by atoms with Crippen LogP contribution >= 0.6 is 0 Å². The Labute approximate surface area is 117 Å². The average molecular weight is 281 g/mol. The Morgan fingerprint density at radius 2 is 1.60 bits per heavy atom. The van der Waals surface area contributed by atoms with Crippen LogP contribution in [0.5, 0.6) is 11.5 Å². The Morgan fingerprint density at radius 1 is 1.10 bits per heavy atom. The van der Waals surface area contributed by atoms with Crippen LogP contribution in [0.3, 0.4) is 0 Å². The fourth-order valence-corrected chi connectivity index (χ4v) is 1.96. The summed E-state index contributed by atoms with van der Waals surface area (Å²) in [7, 11) is 0. The molecule has 0 fully saturated rings. The molecule has 1 aromatic rings. The molecule has 0 spiro atoms. The first-order valence-electron chi connectivity index (χ1n) is 6.39. The van der Waals surface area contributed by atoms with E-state index in [0.717, 1.165) is 6.07 Å². The van der Waals surface area contributed by atoms with Crippen LogP contribution in [0.2, 0.25) is 0 Å². The number of carboxylic acids is 1. The van der Waals surface area contributed by atoms with E-state index < -0.39 is 17.3 Å². The summed E-state index contributed by atoms with van der Waals surface area (Å²) in [5.74, 6) is -1.96. The summed E-state index contributed by atoms with van der Waals surface area (Å²) >= 11 is 0. The molecule has 0 aliphatic rings. The molecule has 20 heavy (non-hydrogen) atoms. The molecule has 4 N–H and O–H groups in total. The Hall–Kier alpha value is -2.24. The van der Waals surface area contributed by atoms with Crippen molar-refractivity contribution in [3.8, 4) is 11.5 Å². The molecule has 6 nitrogen and oxygen atoms in total. The van der Waals surface area contributed by atoms with Crippen LogP contribution < -0.4 is 5.32 Å². The molecule has 0 saturated carbocycles. The average Bonchev–Trinajstić information content (AvgIpc) is 2.38. The molecule has 0 saturated heterocycles. The van der Waals surface area contributed by atoms with Crippen molar-refractivity contribution in [3.05, 3.63) is 23.8 Å². The van der Waals surface area contributed by atoms with Crippen molar-refractivity contribution in [2.45, 2.75) is 26.7 Å². The van der Waals surface area contributed by atoms with Crippen LogP contribution in [0.15, 0.2) is 18.2 Å². The normalized spacial score (nSPS) is 11.1. The zero-order valence-corrected chi connectivity index (χ0v) is 11.5. The Bertz CT molecular complexity index is 488. The zero-order chi connectivity index (χ0) is 15.3. The minimum absolute atomic E-state index is 0.00934. The number of hydrogen-bond acceptors (Lipinski definition) is 4. The van der Waals surface area contributed by atoms with Gasteiger partial charge < -0.3 is 20.6 Å². The van der Waals surface area contributed by atoms with Gasteiger partial charge in [0.15, 0.2) is 0 Å². The third-order valence-electron chi connectivity index (χ3n) is 3.56. The van der Waals surface area contributed by atoms with E-state index in [1.54, 1.807) is 13.8 Å². The summed E-state index contributed by atoms with van der Waals surface area (Å²) in [6, 6.07) is 3.52. The van der Waals surface area contributed by atoms with Crippen LogP contribution in [0, 0.1) is 5.41 Å². The number of carboxylic acid groups (broad SMARTS) is 1. The van der Waals surface area contributed by atoms with Crippen molar-refractivity contribution in [3.63, 3.8) is 0 Å². The van der Waals surface area contributed by atoms with Gasteiger partial charge in [0.2, 0.25) is 0 Å². The lowest BCUT2D eigenvalue weighted by molar-refractivity contribution is -0.149. The number of benzene rings is 1. The minimum Gasteiger partial charge on any atom is -0.508 e. The Balaban J connectivity index is 2.83. The van der Waals surface area contributed by atoms with E-state index in [2.05, 4.69) is 5.32 Å². The van der Waals surface area contributed by atoms with Gasteiger partial charge in [0, 0.05) is 18.2 Å². The maximum Gasteiger partial charge on any atom is 0.311 e. The first-order valence-corrected chi connectivity index (χ1v) is 6.39. The molecule has 1 aromatic carbocycles. The smallest absolute Gasteiger partial charge is 0.311 e. The number of carbonyl (C=O) groups excluding carboxylic acids is 1. The fraction of sp³-hybridized carbons (Fsp3) is 0.429. The maximum atomic E-state index is 11.9. The van der Waals surface area contributed by atoms with Crippen LogP contribution in [0.25, 0.3) is 0 Å². The van der Waals surface area contributed by atoms with Gasteiger partial charge in [-0.05, 0) is 25.0 Å². The number of amides is 1. The van der Waals surface area contributed by atoms with Crippen molar-refractivity contribution in [2.24, 2.45) is 5.41 Å². The van der Waals surface area contributed by atoms with E-state index in [9.17, 15) is 24.9 Å². The van der Waals surface area contributed by atoms with Crippen LogP contribution in [-0.4, -0.2) is 33.7 Å². The van der Waals surface area contributed by atoms with Crippen LogP contribution in [0.1, 0.15) is 37.0 Å².